The number of carbonyl (C=O) groups is 1. The molecule has 6 heteroatoms. The molecule has 0 aliphatic rings. The van der Waals surface area contributed by atoms with E-state index in [0.717, 1.165) is 17.0 Å². The minimum Gasteiger partial charge on any atom is -0.337 e. The van der Waals surface area contributed by atoms with Crippen LogP contribution >= 0.6 is 11.8 Å². The maximum Gasteiger partial charge on any atom is 0.317 e. The second-order valence-electron chi connectivity index (χ2n) is 6.38. The van der Waals surface area contributed by atoms with E-state index in [-0.39, 0.29) is 6.03 Å². The summed E-state index contributed by atoms with van der Waals surface area (Å²) in [5, 5.41) is 7.33. The molecule has 0 aliphatic carbocycles. The Bertz CT molecular complexity index is 861. The number of urea groups is 1. The van der Waals surface area contributed by atoms with E-state index >= 15 is 0 Å². The van der Waals surface area contributed by atoms with Crippen molar-refractivity contribution < 1.29 is 4.79 Å². The molecule has 27 heavy (non-hydrogen) atoms. The molecule has 0 fully saturated rings. The lowest BCUT2D eigenvalue weighted by molar-refractivity contribution is 0.207. The van der Waals surface area contributed by atoms with Gasteiger partial charge in [0.25, 0.3) is 0 Å². The van der Waals surface area contributed by atoms with Crippen molar-refractivity contribution in [1.82, 2.24) is 20.0 Å². The van der Waals surface area contributed by atoms with E-state index in [4.69, 9.17) is 0 Å². The highest BCUT2D eigenvalue weighted by atomic mass is 32.2. The molecule has 0 radical (unpaired) electrons. The number of benzene rings is 2. The molecule has 2 aromatic carbocycles. The third-order valence-corrected chi connectivity index (χ3v) is 5.10. The quantitative estimate of drug-likeness (QED) is 0.496. The Kier molecular flexibility index (Phi) is 6.54. The summed E-state index contributed by atoms with van der Waals surface area (Å²) in [6.45, 7) is 3.23. The lowest BCUT2D eigenvalue weighted by Gasteiger charge is -2.17. The number of aryl methyl sites for hydroxylation is 1. The average Bonchev–Trinajstić information content (AvgIpc) is 3.15. The highest BCUT2D eigenvalue weighted by Gasteiger charge is 2.10. The van der Waals surface area contributed by atoms with Crippen molar-refractivity contribution in [1.29, 1.82) is 0 Å². The largest absolute Gasteiger partial charge is 0.337 e. The summed E-state index contributed by atoms with van der Waals surface area (Å²) in [4.78, 5) is 15.1. The highest BCUT2D eigenvalue weighted by Crippen LogP contribution is 2.17. The molecule has 1 aromatic heterocycles. The summed E-state index contributed by atoms with van der Waals surface area (Å²) >= 11 is 1.74. The Hall–Kier alpha value is -2.73. The average molecular weight is 381 g/mol. The van der Waals surface area contributed by atoms with E-state index in [9.17, 15) is 4.79 Å². The van der Waals surface area contributed by atoms with Gasteiger partial charge in [0.2, 0.25) is 0 Å². The number of hydrogen-bond acceptors (Lipinski definition) is 3. The molecule has 1 heterocycles. The Morgan fingerprint density at radius 2 is 1.89 bits per heavy atom. The lowest BCUT2D eigenvalue weighted by Crippen LogP contribution is -2.37. The third kappa shape index (κ3) is 5.62. The molecular weight excluding hydrogens is 356 g/mol. The number of para-hydroxylation sites is 1. The van der Waals surface area contributed by atoms with Gasteiger partial charge in [0.15, 0.2) is 0 Å². The Balaban J connectivity index is 1.42. The molecule has 3 aromatic rings. The van der Waals surface area contributed by atoms with Gasteiger partial charge >= 0.3 is 6.03 Å². The molecule has 2 amide bonds. The van der Waals surface area contributed by atoms with Crippen molar-refractivity contribution in [3.63, 3.8) is 0 Å². The molecule has 140 valence electrons. The van der Waals surface area contributed by atoms with Gasteiger partial charge in [-0.15, -0.1) is 11.8 Å². The number of nitrogens with zero attached hydrogens (tertiary/aromatic N) is 3. The normalized spacial score (nSPS) is 10.6. The summed E-state index contributed by atoms with van der Waals surface area (Å²) in [6, 6.07) is 18.3. The van der Waals surface area contributed by atoms with Gasteiger partial charge in [-0.3, -0.25) is 0 Å². The van der Waals surface area contributed by atoms with Crippen molar-refractivity contribution in [2.75, 3.05) is 19.3 Å². The fourth-order valence-electron chi connectivity index (χ4n) is 2.61. The maximum atomic E-state index is 12.3. The van der Waals surface area contributed by atoms with Crippen molar-refractivity contribution in [3.8, 4) is 5.69 Å². The molecular formula is C21H24N4OS. The molecule has 3 rings (SSSR count). The number of hydrogen-bond donors (Lipinski definition) is 1. The first-order valence-corrected chi connectivity index (χ1v) is 9.88. The maximum absolute atomic E-state index is 12.3. The number of nitrogens with one attached hydrogen (secondary N) is 1. The zero-order valence-corrected chi connectivity index (χ0v) is 16.4. The molecule has 5 nitrogen and oxygen atoms in total. The van der Waals surface area contributed by atoms with Crippen LogP contribution in [-0.4, -0.2) is 40.1 Å². The number of carbonyl (C=O) groups excluding carboxylic acids is 1. The minimum atomic E-state index is -0.0769. The van der Waals surface area contributed by atoms with Crippen LogP contribution in [0.3, 0.4) is 0 Å². The van der Waals surface area contributed by atoms with Crippen molar-refractivity contribution in [2.45, 2.75) is 18.4 Å². The smallest absolute Gasteiger partial charge is 0.317 e. The van der Waals surface area contributed by atoms with Gasteiger partial charge in [-0.2, -0.15) is 5.10 Å². The van der Waals surface area contributed by atoms with Crippen LogP contribution in [0.25, 0.3) is 5.69 Å². The van der Waals surface area contributed by atoms with Crippen LogP contribution in [0, 0.1) is 6.92 Å². The first-order chi connectivity index (χ1) is 13.1. The van der Waals surface area contributed by atoms with E-state index in [1.165, 1.54) is 10.5 Å². The summed E-state index contributed by atoms with van der Waals surface area (Å²) in [5.41, 5.74) is 3.25. The fraction of sp³-hybridized carbons (Fsp3) is 0.238. The zero-order valence-electron chi connectivity index (χ0n) is 15.6. The van der Waals surface area contributed by atoms with Gasteiger partial charge in [-0.25, -0.2) is 9.48 Å². The standard InChI is InChI=1S/C21H24N4OS/c1-17-8-10-20(11-9-17)27-13-12-22-21(26)24(2)15-18-14-23-25(16-18)19-6-4-3-5-7-19/h3-11,14,16H,12-13,15H2,1-2H3,(H,22,26). The van der Waals surface area contributed by atoms with E-state index in [2.05, 4.69) is 41.6 Å². The van der Waals surface area contributed by atoms with Crippen LogP contribution < -0.4 is 5.32 Å². The molecule has 0 bridgehead atoms. The van der Waals surface area contributed by atoms with Gasteiger partial charge < -0.3 is 10.2 Å². The van der Waals surface area contributed by atoms with Crippen LogP contribution in [0.5, 0.6) is 0 Å². The Morgan fingerprint density at radius 3 is 2.63 bits per heavy atom. The number of thioether (sulfide) groups is 1. The van der Waals surface area contributed by atoms with E-state index in [0.29, 0.717) is 13.1 Å². The predicted octanol–water partition coefficient (Wildman–Crippen LogP) is 4.11. The van der Waals surface area contributed by atoms with E-state index < -0.39 is 0 Å². The van der Waals surface area contributed by atoms with Crippen LogP contribution in [-0.2, 0) is 6.54 Å². The summed E-state index contributed by atoms with van der Waals surface area (Å²) < 4.78 is 1.82. The molecule has 0 unspecified atom stereocenters. The highest BCUT2D eigenvalue weighted by molar-refractivity contribution is 7.99. The minimum absolute atomic E-state index is 0.0769. The monoisotopic (exact) mass is 380 g/mol. The summed E-state index contributed by atoms with van der Waals surface area (Å²) in [5.74, 6) is 0.842. The summed E-state index contributed by atoms with van der Waals surface area (Å²) in [7, 11) is 1.79. The van der Waals surface area contributed by atoms with Crippen LogP contribution in [0.1, 0.15) is 11.1 Å². The molecule has 0 spiro atoms. The first kappa shape index (κ1) is 19.0. The zero-order chi connectivity index (χ0) is 19.1. The number of amides is 2. The molecule has 1 N–H and O–H groups in total. The van der Waals surface area contributed by atoms with Gasteiger partial charge in [-0.1, -0.05) is 35.9 Å². The topological polar surface area (TPSA) is 50.2 Å². The van der Waals surface area contributed by atoms with E-state index in [1.54, 1.807) is 29.9 Å². The van der Waals surface area contributed by atoms with Crippen molar-refractivity contribution in [3.05, 3.63) is 78.1 Å². The SMILES string of the molecule is Cc1ccc(SCCNC(=O)N(C)Cc2cnn(-c3ccccc3)c2)cc1. The lowest BCUT2D eigenvalue weighted by atomic mass is 10.2. The second-order valence-corrected chi connectivity index (χ2v) is 7.55. The van der Waals surface area contributed by atoms with Crippen molar-refractivity contribution in [2.24, 2.45) is 0 Å². The Morgan fingerprint density at radius 1 is 1.15 bits per heavy atom. The van der Waals surface area contributed by atoms with Crippen LogP contribution in [0.15, 0.2) is 71.9 Å². The van der Waals surface area contributed by atoms with Gasteiger partial charge in [0.1, 0.15) is 0 Å². The molecule has 0 saturated heterocycles. The van der Waals surface area contributed by atoms with Gasteiger partial charge in [0.05, 0.1) is 18.4 Å². The third-order valence-electron chi connectivity index (χ3n) is 4.09. The van der Waals surface area contributed by atoms with Gasteiger partial charge in [-0.05, 0) is 31.2 Å². The van der Waals surface area contributed by atoms with Crippen molar-refractivity contribution >= 4 is 17.8 Å². The van der Waals surface area contributed by atoms with E-state index in [1.807, 2.05) is 41.2 Å². The number of rotatable bonds is 7. The second kappa shape index (κ2) is 9.28. The van der Waals surface area contributed by atoms with Crippen LogP contribution in [0.2, 0.25) is 0 Å². The molecule has 0 saturated carbocycles. The first-order valence-electron chi connectivity index (χ1n) is 8.89. The van der Waals surface area contributed by atoms with Crippen LogP contribution in [0.4, 0.5) is 4.79 Å². The Labute approximate surface area is 164 Å². The fourth-order valence-corrected chi connectivity index (χ4v) is 3.37. The molecule has 0 aliphatic heterocycles. The number of aromatic nitrogens is 2. The predicted molar refractivity (Wildman–Crippen MR) is 110 cm³/mol. The molecule has 0 atom stereocenters. The summed E-state index contributed by atoms with van der Waals surface area (Å²) in [6.07, 6.45) is 3.75. The van der Waals surface area contributed by atoms with Gasteiger partial charge in [0, 0.05) is 36.0 Å².